The maximum absolute atomic E-state index is 13.3. The second kappa shape index (κ2) is 5.88. The Balaban J connectivity index is 1.98. The van der Waals surface area contributed by atoms with Crippen LogP contribution in [0.4, 0.5) is 0 Å². The molecule has 1 aliphatic heterocycles. The van der Waals surface area contributed by atoms with Gasteiger partial charge in [-0.2, -0.15) is 0 Å². The van der Waals surface area contributed by atoms with Crippen LogP contribution < -0.4 is 16.0 Å². The third kappa shape index (κ3) is 2.56. The first kappa shape index (κ1) is 16.7. The third-order valence-corrected chi connectivity index (χ3v) is 4.92. The molecule has 0 saturated carbocycles. The van der Waals surface area contributed by atoms with E-state index in [4.69, 9.17) is 16.3 Å². The van der Waals surface area contributed by atoms with Crippen LogP contribution in [0.2, 0.25) is 5.02 Å². The molecule has 3 aromatic rings. The standard InChI is InChI=1S/C20H17ClN2O3/c1-20(2)16(12-6-4-3-5-7-12)15-17(26-20)22-19(25)23(18(15)24)14-10-8-13(21)9-11-14/h3-11,16H,1-2H3,(H,22,25). The van der Waals surface area contributed by atoms with Crippen molar-refractivity contribution in [3.8, 4) is 11.6 Å². The summed E-state index contributed by atoms with van der Waals surface area (Å²) in [5, 5.41) is 0.533. The van der Waals surface area contributed by atoms with Gasteiger partial charge in [0.1, 0.15) is 5.60 Å². The Morgan fingerprint density at radius 3 is 2.35 bits per heavy atom. The summed E-state index contributed by atoms with van der Waals surface area (Å²) >= 11 is 5.92. The number of H-pyrrole nitrogens is 1. The van der Waals surface area contributed by atoms with Crippen LogP contribution in [-0.2, 0) is 0 Å². The van der Waals surface area contributed by atoms with Crippen molar-refractivity contribution in [2.75, 3.05) is 0 Å². The number of aromatic amines is 1. The van der Waals surface area contributed by atoms with Crippen LogP contribution in [0.15, 0.2) is 64.2 Å². The molecule has 6 heteroatoms. The van der Waals surface area contributed by atoms with Gasteiger partial charge in [-0.05, 0) is 43.7 Å². The number of benzene rings is 2. The fraction of sp³-hybridized carbons (Fsp3) is 0.200. The fourth-order valence-electron chi connectivity index (χ4n) is 3.57. The third-order valence-electron chi connectivity index (χ3n) is 4.67. The average Bonchev–Trinajstić information content (AvgIpc) is 2.87. The topological polar surface area (TPSA) is 64.1 Å². The summed E-state index contributed by atoms with van der Waals surface area (Å²) in [5.74, 6) is -0.0503. The van der Waals surface area contributed by atoms with Crippen LogP contribution >= 0.6 is 11.6 Å². The summed E-state index contributed by atoms with van der Waals surface area (Å²) in [6.45, 7) is 3.82. The predicted molar refractivity (Wildman–Crippen MR) is 101 cm³/mol. The molecule has 2 heterocycles. The molecule has 132 valence electrons. The van der Waals surface area contributed by atoms with E-state index >= 15 is 0 Å². The van der Waals surface area contributed by atoms with Gasteiger partial charge in [-0.15, -0.1) is 0 Å². The van der Waals surface area contributed by atoms with Crippen molar-refractivity contribution in [2.24, 2.45) is 0 Å². The van der Waals surface area contributed by atoms with Crippen molar-refractivity contribution >= 4 is 11.6 Å². The van der Waals surface area contributed by atoms with Crippen molar-refractivity contribution in [3.05, 3.63) is 91.6 Å². The number of fused-ring (bicyclic) bond motifs is 1. The first-order valence-electron chi connectivity index (χ1n) is 8.27. The van der Waals surface area contributed by atoms with Crippen molar-refractivity contribution in [3.63, 3.8) is 0 Å². The number of nitrogens with one attached hydrogen (secondary N) is 1. The monoisotopic (exact) mass is 368 g/mol. The second-order valence-corrected chi connectivity index (χ2v) is 7.28. The maximum atomic E-state index is 13.3. The SMILES string of the molecule is CC1(C)Oc2[nH]c(=O)n(-c3ccc(Cl)cc3)c(=O)c2C1c1ccccc1. The zero-order valence-corrected chi connectivity index (χ0v) is 15.1. The summed E-state index contributed by atoms with van der Waals surface area (Å²) in [5.41, 5.74) is 0.287. The Morgan fingerprint density at radius 2 is 1.69 bits per heavy atom. The molecule has 4 rings (SSSR count). The van der Waals surface area contributed by atoms with E-state index in [9.17, 15) is 9.59 Å². The molecular formula is C20H17ClN2O3. The van der Waals surface area contributed by atoms with E-state index < -0.39 is 11.3 Å². The van der Waals surface area contributed by atoms with Crippen LogP contribution in [0.3, 0.4) is 0 Å². The lowest BCUT2D eigenvalue weighted by molar-refractivity contribution is 0.117. The number of aromatic nitrogens is 2. The Bertz CT molecular complexity index is 1080. The normalized spacial score (nSPS) is 17.6. The molecule has 1 aliphatic rings. The van der Waals surface area contributed by atoms with Gasteiger partial charge in [0, 0.05) is 5.02 Å². The smallest absolute Gasteiger partial charge is 0.335 e. The van der Waals surface area contributed by atoms with Crippen LogP contribution in [0.25, 0.3) is 5.69 Å². The first-order chi connectivity index (χ1) is 12.4. The van der Waals surface area contributed by atoms with Gasteiger partial charge in [0.15, 0.2) is 0 Å². The minimum absolute atomic E-state index is 0.240. The molecule has 0 bridgehead atoms. The van der Waals surface area contributed by atoms with Gasteiger partial charge in [-0.25, -0.2) is 9.36 Å². The first-order valence-corrected chi connectivity index (χ1v) is 8.65. The molecule has 1 unspecified atom stereocenters. The number of hydrogen-bond donors (Lipinski definition) is 1. The van der Waals surface area contributed by atoms with Gasteiger partial charge in [0.25, 0.3) is 5.56 Å². The predicted octanol–water partition coefficient (Wildman–Crippen LogP) is 3.48. The highest BCUT2D eigenvalue weighted by molar-refractivity contribution is 6.30. The fourth-order valence-corrected chi connectivity index (χ4v) is 3.70. The minimum Gasteiger partial charge on any atom is -0.471 e. The highest BCUT2D eigenvalue weighted by Crippen LogP contribution is 2.44. The van der Waals surface area contributed by atoms with E-state index in [1.807, 2.05) is 44.2 Å². The van der Waals surface area contributed by atoms with E-state index in [0.717, 1.165) is 10.1 Å². The molecule has 1 atom stereocenters. The van der Waals surface area contributed by atoms with Crippen LogP contribution in [0.1, 0.15) is 30.9 Å². The number of halogens is 1. The number of ether oxygens (including phenoxy) is 1. The lowest BCUT2D eigenvalue weighted by Gasteiger charge is -2.26. The molecule has 26 heavy (non-hydrogen) atoms. The second-order valence-electron chi connectivity index (χ2n) is 6.84. The highest BCUT2D eigenvalue weighted by atomic mass is 35.5. The molecule has 0 radical (unpaired) electrons. The Kier molecular flexibility index (Phi) is 3.77. The lowest BCUT2D eigenvalue weighted by atomic mass is 9.82. The molecular weight excluding hydrogens is 352 g/mol. The zero-order valence-electron chi connectivity index (χ0n) is 14.3. The van der Waals surface area contributed by atoms with Crippen molar-refractivity contribution in [1.82, 2.24) is 9.55 Å². The molecule has 0 fully saturated rings. The van der Waals surface area contributed by atoms with Gasteiger partial charge in [-0.1, -0.05) is 41.9 Å². The van der Waals surface area contributed by atoms with Gasteiger partial charge >= 0.3 is 5.69 Å². The van der Waals surface area contributed by atoms with E-state index in [1.165, 1.54) is 0 Å². The van der Waals surface area contributed by atoms with E-state index in [2.05, 4.69) is 4.98 Å². The highest BCUT2D eigenvalue weighted by Gasteiger charge is 2.45. The largest absolute Gasteiger partial charge is 0.471 e. The molecule has 0 spiro atoms. The zero-order chi connectivity index (χ0) is 18.5. The number of rotatable bonds is 2. The Hall–Kier alpha value is -2.79. The average molecular weight is 369 g/mol. The molecule has 2 aromatic carbocycles. The van der Waals surface area contributed by atoms with Crippen LogP contribution in [-0.4, -0.2) is 15.2 Å². The number of hydrogen-bond acceptors (Lipinski definition) is 3. The summed E-state index contributed by atoms with van der Waals surface area (Å²) < 4.78 is 7.06. The van der Waals surface area contributed by atoms with Gasteiger partial charge in [0.2, 0.25) is 5.88 Å². The van der Waals surface area contributed by atoms with Gasteiger partial charge in [-0.3, -0.25) is 9.78 Å². The number of nitrogens with zero attached hydrogens (tertiary/aromatic N) is 1. The Morgan fingerprint density at radius 1 is 1.04 bits per heavy atom. The quantitative estimate of drug-likeness (QED) is 0.753. The maximum Gasteiger partial charge on any atom is 0.335 e. The molecule has 0 saturated heterocycles. The lowest BCUT2D eigenvalue weighted by Crippen LogP contribution is -2.36. The Labute approximate surface area is 154 Å². The van der Waals surface area contributed by atoms with Crippen molar-refractivity contribution < 1.29 is 4.74 Å². The van der Waals surface area contributed by atoms with E-state index in [0.29, 0.717) is 16.3 Å². The van der Waals surface area contributed by atoms with Crippen molar-refractivity contribution in [1.29, 1.82) is 0 Å². The summed E-state index contributed by atoms with van der Waals surface area (Å²) in [6.07, 6.45) is 0. The summed E-state index contributed by atoms with van der Waals surface area (Å²) in [6, 6.07) is 16.3. The van der Waals surface area contributed by atoms with Crippen LogP contribution in [0.5, 0.6) is 5.88 Å². The molecule has 1 N–H and O–H groups in total. The van der Waals surface area contributed by atoms with Crippen LogP contribution in [0, 0.1) is 0 Å². The van der Waals surface area contributed by atoms with Gasteiger partial charge in [0.05, 0.1) is 17.2 Å². The molecule has 0 amide bonds. The molecule has 0 aliphatic carbocycles. The van der Waals surface area contributed by atoms with E-state index in [-0.39, 0.29) is 17.4 Å². The molecule has 5 nitrogen and oxygen atoms in total. The van der Waals surface area contributed by atoms with E-state index in [1.54, 1.807) is 24.3 Å². The molecule has 1 aromatic heterocycles. The van der Waals surface area contributed by atoms with Gasteiger partial charge < -0.3 is 4.74 Å². The minimum atomic E-state index is -0.662. The summed E-state index contributed by atoms with van der Waals surface area (Å²) in [7, 11) is 0. The summed E-state index contributed by atoms with van der Waals surface area (Å²) in [4.78, 5) is 28.5. The van der Waals surface area contributed by atoms with Crippen molar-refractivity contribution in [2.45, 2.75) is 25.4 Å².